The molecule has 0 aliphatic carbocycles. The second-order valence-electron chi connectivity index (χ2n) is 7.42. The van der Waals surface area contributed by atoms with Crippen LogP contribution in [0.15, 0.2) is 47.6 Å². The van der Waals surface area contributed by atoms with E-state index in [1.54, 1.807) is 6.21 Å². The third kappa shape index (κ3) is 4.04. The van der Waals surface area contributed by atoms with Crippen molar-refractivity contribution < 1.29 is 14.3 Å². The largest absolute Gasteiger partial charge is 0.485 e. The van der Waals surface area contributed by atoms with E-state index in [2.05, 4.69) is 31.3 Å². The maximum Gasteiger partial charge on any atom is 0.284 e. The molecule has 0 saturated heterocycles. The molecule has 1 aliphatic rings. The summed E-state index contributed by atoms with van der Waals surface area (Å²) in [5.74, 6) is 0.916. The molecule has 0 bridgehead atoms. The molecule has 2 aromatic rings. The van der Waals surface area contributed by atoms with Gasteiger partial charge in [-0.3, -0.25) is 4.79 Å². The number of carbonyl (C=O) groups is 1. The van der Waals surface area contributed by atoms with Gasteiger partial charge in [-0.1, -0.05) is 51.1 Å². The molecule has 1 unspecified atom stereocenters. The van der Waals surface area contributed by atoms with E-state index in [4.69, 9.17) is 9.47 Å². The summed E-state index contributed by atoms with van der Waals surface area (Å²) in [6.45, 7) is 8.53. The number of benzene rings is 2. The normalized spacial score (nSPS) is 16.5. The van der Waals surface area contributed by atoms with Gasteiger partial charge in [-0.2, -0.15) is 5.10 Å². The number of amides is 1. The van der Waals surface area contributed by atoms with Crippen molar-refractivity contribution in [2.45, 2.75) is 39.2 Å². The Kier molecular flexibility index (Phi) is 4.98. The van der Waals surface area contributed by atoms with Gasteiger partial charge in [-0.05, 0) is 41.2 Å². The Bertz CT molecular complexity index is 837. The molecule has 26 heavy (non-hydrogen) atoms. The molecule has 1 N–H and O–H groups in total. The highest BCUT2D eigenvalue weighted by atomic mass is 16.6. The van der Waals surface area contributed by atoms with E-state index < -0.39 is 6.10 Å². The Hall–Kier alpha value is -2.82. The Balaban J connectivity index is 1.66. The quantitative estimate of drug-likeness (QED) is 0.678. The smallest absolute Gasteiger partial charge is 0.284 e. The van der Waals surface area contributed by atoms with Crippen LogP contribution < -0.4 is 14.9 Å². The average Bonchev–Trinajstić information content (AvgIpc) is 2.61. The van der Waals surface area contributed by atoms with Crippen LogP contribution in [0.25, 0.3) is 0 Å². The highest BCUT2D eigenvalue weighted by Crippen LogP contribution is 2.36. The summed E-state index contributed by atoms with van der Waals surface area (Å²) in [4.78, 5) is 12.3. The SMILES string of the molecule is Cc1ccccc1C=NNC(=O)C1COc2ccc(C(C)(C)C)cc2O1. The van der Waals surface area contributed by atoms with Crippen molar-refractivity contribution in [1.82, 2.24) is 5.43 Å². The van der Waals surface area contributed by atoms with Gasteiger partial charge in [-0.25, -0.2) is 5.43 Å². The van der Waals surface area contributed by atoms with Crippen molar-refractivity contribution in [3.05, 3.63) is 59.2 Å². The van der Waals surface area contributed by atoms with Gasteiger partial charge >= 0.3 is 0 Å². The fourth-order valence-corrected chi connectivity index (χ4v) is 2.64. The van der Waals surface area contributed by atoms with Crippen LogP contribution in [0, 0.1) is 6.92 Å². The lowest BCUT2D eigenvalue weighted by molar-refractivity contribution is -0.130. The van der Waals surface area contributed by atoms with E-state index in [1.165, 1.54) is 0 Å². The first-order chi connectivity index (χ1) is 12.3. The van der Waals surface area contributed by atoms with E-state index in [9.17, 15) is 4.79 Å². The molecule has 0 aromatic heterocycles. The molecule has 5 heteroatoms. The van der Waals surface area contributed by atoms with Crippen LogP contribution >= 0.6 is 0 Å². The predicted molar refractivity (Wildman–Crippen MR) is 102 cm³/mol. The number of ether oxygens (including phenoxy) is 2. The molecule has 0 fully saturated rings. The summed E-state index contributed by atoms with van der Waals surface area (Å²) >= 11 is 0. The van der Waals surface area contributed by atoms with Gasteiger partial charge in [0, 0.05) is 0 Å². The molecule has 1 aliphatic heterocycles. The number of hydrazone groups is 1. The van der Waals surface area contributed by atoms with Gasteiger partial charge in [0.15, 0.2) is 11.5 Å². The summed E-state index contributed by atoms with van der Waals surface area (Å²) < 4.78 is 11.5. The molecule has 1 amide bonds. The second-order valence-corrected chi connectivity index (χ2v) is 7.42. The number of rotatable bonds is 3. The molecule has 1 atom stereocenters. The maximum absolute atomic E-state index is 12.3. The van der Waals surface area contributed by atoms with Gasteiger partial charge in [0.1, 0.15) is 6.61 Å². The van der Waals surface area contributed by atoms with Crippen LogP contribution in [0.1, 0.15) is 37.5 Å². The number of carbonyl (C=O) groups excluding carboxylic acids is 1. The van der Waals surface area contributed by atoms with Gasteiger partial charge in [0.05, 0.1) is 6.21 Å². The first-order valence-corrected chi connectivity index (χ1v) is 8.67. The van der Waals surface area contributed by atoms with Crippen LogP contribution in [0.2, 0.25) is 0 Å². The number of hydrogen-bond donors (Lipinski definition) is 1. The van der Waals surface area contributed by atoms with Crippen molar-refractivity contribution in [3.63, 3.8) is 0 Å². The number of nitrogens with zero attached hydrogens (tertiary/aromatic N) is 1. The molecule has 136 valence electrons. The Morgan fingerprint density at radius 3 is 2.69 bits per heavy atom. The first kappa shape index (κ1) is 18.0. The lowest BCUT2D eigenvalue weighted by Gasteiger charge is -2.27. The minimum Gasteiger partial charge on any atom is -0.485 e. The van der Waals surface area contributed by atoms with E-state index >= 15 is 0 Å². The number of fused-ring (bicyclic) bond motifs is 1. The van der Waals surface area contributed by atoms with Crippen LogP contribution in [0.4, 0.5) is 0 Å². The zero-order valence-electron chi connectivity index (χ0n) is 15.6. The van der Waals surface area contributed by atoms with E-state index in [0.717, 1.165) is 16.7 Å². The molecule has 3 rings (SSSR count). The summed E-state index contributed by atoms with van der Waals surface area (Å²) in [5.41, 5.74) is 5.69. The van der Waals surface area contributed by atoms with E-state index in [0.29, 0.717) is 11.5 Å². The number of aryl methyl sites for hydroxylation is 1. The average molecular weight is 352 g/mol. The first-order valence-electron chi connectivity index (χ1n) is 8.67. The zero-order chi connectivity index (χ0) is 18.7. The van der Waals surface area contributed by atoms with Crippen molar-refractivity contribution in [1.29, 1.82) is 0 Å². The highest BCUT2D eigenvalue weighted by Gasteiger charge is 2.28. The topological polar surface area (TPSA) is 59.9 Å². The molecule has 2 aromatic carbocycles. The Labute approximate surface area is 154 Å². The predicted octanol–water partition coefficient (Wildman–Crippen LogP) is 3.58. The van der Waals surface area contributed by atoms with Crippen LogP contribution in [0.5, 0.6) is 11.5 Å². The molecule has 5 nitrogen and oxygen atoms in total. The minimum absolute atomic E-state index is 0.00850. The fourth-order valence-electron chi connectivity index (χ4n) is 2.64. The highest BCUT2D eigenvalue weighted by molar-refractivity contribution is 5.85. The van der Waals surface area contributed by atoms with Crippen molar-refractivity contribution in [2.75, 3.05) is 6.61 Å². The lowest BCUT2D eigenvalue weighted by Crippen LogP contribution is -2.42. The third-order valence-electron chi connectivity index (χ3n) is 4.33. The Morgan fingerprint density at radius 1 is 1.19 bits per heavy atom. The van der Waals surface area contributed by atoms with E-state index in [-0.39, 0.29) is 17.9 Å². The second kappa shape index (κ2) is 7.20. The summed E-state index contributed by atoms with van der Waals surface area (Å²) in [6, 6.07) is 13.7. The summed E-state index contributed by atoms with van der Waals surface area (Å²) in [5, 5.41) is 4.03. The van der Waals surface area contributed by atoms with E-state index in [1.807, 2.05) is 49.4 Å². The monoisotopic (exact) mass is 352 g/mol. The molecular weight excluding hydrogens is 328 g/mol. The number of nitrogens with one attached hydrogen (secondary N) is 1. The lowest BCUT2D eigenvalue weighted by atomic mass is 9.87. The summed E-state index contributed by atoms with van der Waals surface area (Å²) in [7, 11) is 0. The molecular formula is C21H24N2O3. The Morgan fingerprint density at radius 2 is 1.96 bits per heavy atom. The van der Waals surface area contributed by atoms with Crippen LogP contribution in [-0.2, 0) is 10.2 Å². The van der Waals surface area contributed by atoms with Crippen LogP contribution in [-0.4, -0.2) is 24.8 Å². The summed E-state index contributed by atoms with van der Waals surface area (Å²) in [6.07, 6.45) is 0.898. The molecule has 0 radical (unpaired) electrons. The maximum atomic E-state index is 12.3. The molecule has 0 saturated carbocycles. The van der Waals surface area contributed by atoms with Crippen molar-refractivity contribution in [3.8, 4) is 11.5 Å². The molecule has 0 spiro atoms. The molecule has 1 heterocycles. The van der Waals surface area contributed by atoms with Gasteiger partial charge < -0.3 is 9.47 Å². The van der Waals surface area contributed by atoms with Crippen LogP contribution in [0.3, 0.4) is 0 Å². The van der Waals surface area contributed by atoms with Gasteiger partial charge in [-0.15, -0.1) is 0 Å². The van der Waals surface area contributed by atoms with Gasteiger partial charge in [0.25, 0.3) is 5.91 Å². The standard InChI is InChI=1S/C21H24N2O3/c1-14-7-5-6-8-15(14)12-22-23-20(24)19-13-25-17-10-9-16(21(2,3)4)11-18(17)26-19/h5-12,19H,13H2,1-4H3,(H,23,24). The van der Waals surface area contributed by atoms with Gasteiger partial charge in [0.2, 0.25) is 6.10 Å². The van der Waals surface area contributed by atoms with Crippen molar-refractivity contribution >= 4 is 12.1 Å². The fraction of sp³-hybridized carbons (Fsp3) is 0.333. The third-order valence-corrected chi connectivity index (χ3v) is 4.33. The zero-order valence-corrected chi connectivity index (χ0v) is 15.6. The minimum atomic E-state index is -0.730. The van der Waals surface area contributed by atoms with Crippen molar-refractivity contribution in [2.24, 2.45) is 5.10 Å². The number of hydrogen-bond acceptors (Lipinski definition) is 4.